The van der Waals surface area contributed by atoms with Gasteiger partial charge in [0.25, 0.3) is 0 Å². The highest BCUT2D eigenvalue weighted by Gasteiger charge is 2.08. The Balaban J connectivity index is 1.75. The van der Waals surface area contributed by atoms with Gasteiger partial charge in [0.1, 0.15) is 0 Å². The van der Waals surface area contributed by atoms with Gasteiger partial charge in [-0.15, -0.1) is 0 Å². The Morgan fingerprint density at radius 2 is 2.11 bits per heavy atom. The molecule has 0 bridgehead atoms. The Kier molecular flexibility index (Phi) is 3.24. The molecule has 0 atom stereocenters. The first kappa shape index (κ1) is 11.2. The average molecular weight is 239 g/mol. The lowest BCUT2D eigenvalue weighted by Crippen LogP contribution is -2.20. The topological polar surface area (TPSA) is 29.9 Å². The van der Waals surface area contributed by atoms with Crippen LogP contribution in [0.1, 0.15) is 17.7 Å². The van der Waals surface area contributed by atoms with E-state index in [1.54, 1.807) is 0 Å². The molecule has 0 saturated heterocycles. The normalized spacial score (nSPS) is 15.4. The minimum Gasteiger partial charge on any atom is -0.332 e. The molecule has 2 aromatic rings. The lowest BCUT2D eigenvalue weighted by molar-refractivity contribution is 0.737. The van der Waals surface area contributed by atoms with E-state index in [0.717, 1.165) is 31.7 Å². The smallest absolute Gasteiger partial charge is 0.0956 e. The Labute approximate surface area is 107 Å². The van der Waals surface area contributed by atoms with Gasteiger partial charge in [0.15, 0.2) is 0 Å². The highest BCUT2D eigenvalue weighted by Crippen LogP contribution is 2.17. The number of imidazole rings is 1. The third-order valence-corrected chi connectivity index (χ3v) is 3.23. The maximum absolute atomic E-state index is 4.50. The molecule has 1 aliphatic rings. The molecule has 0 fully saturated rings. The number of hydrogen-bond acceptors (Lipinski definition) is 2. The highest BCUT2D eigenvalue weighted by atomic mass is 15.0. The van der Waals surface area contributed by atoms with Crippen molar-refractivity contribution in [2.45, 2.75) is 13.0 Å². The average Bonchev–Trinajstić information content (AvgIpc) is 2.89. The van der Waals surface area contributed by atoms with Crippen LogP contribution < -0.4 is 5.32 Å². The van der Waals surface area contributed by atoms with Crippen molar-refractivity contribution < 1.29 is 0 Å². The maximum atomic E-state index is 4.50. The van der Waals surface area contributed by atoms with Gasteiger partial charge in [-0.2, -0.15) is 0 Å². The summed E-state index contributed by atoms with van der Waals surface area (Å²) in [7, 11) is 0. The Morgan fingerprint density at radius 1 is 1.22 bits per heavy atom. The van der Waals surface area contributed by atoms with E-state index in [0.29, 0.717) is 0 Å². The van der Waals surface area contributed by atoms with Gasteiger partial charge in [-0.05, 0) is 24.1 Å². The van der Waals surface area contributed by atoms with Crippen molar-refractivity contribution in [3.8, 4) is 0 Å². The van der Waals surface area contributed by atoms with Crippen LogP contribution in [-0.4, -0.2) is 22.6 Å². The summed E-state index contributed by atoms with van der Waals surface area (Å²) in [5.74, 6) is 0. The van der Waals surface area contributed by atoms with Crippen molar-refractivity contribution >= 4 is 5.57 Å². The number of nitrogens with zero attached hydrogens (tertiary/aromatic N) is 2. The highest BCUT2D eigenvalue weighted by molar-refractivity contribution is 5.63. The van der Waals surface area contributed by atoms with Crippen LogP contribution in [-0.2, 0) is 6.54 Å². The molecule has 3 rings (SSSR count). The van der Waals surface area contributed by atoms with E-state index in [1.165, 1.54) is 11.1 Å². The predicted octanol–water partition coefficient (Wildman–Crippen LogP) is 2.31. The van der Waals surface area contributed by atoms with Crippen LogP contribution in [0.2, 0.25) is 0 Å². The molecule has 0 radical (unpaired) electrons. The SMILES string of the molecule is C1=C(c2cn(Cc3ccccc3)cn2)CCNC1. The van der Waals surface area contributed by atoms with Crippen molar-refractivity contribution in [2.24, 2.45) is 0 Å². The van der Waals surface area contributed by atoms with Crippen LogP contribution in [0.3, 0.4) is 0 Å². The molecule has 1 N–H and O–H groups in total. The summed E-state index contributed by atoms with van der Waals surface area (Å²) in [6, 6.07) is 10.5. The molecule has 0 amide bonds. The summed E-state index contributed by atoms with van der Waals surface area (Å²) in [6.07, 6.45) is 7.37. The van der Waals surface area contributed by atoms with Crippen LogP contribution in [0.25, 0.3) is 5.57 Å². The summed E-state index contributed by atoms with van der Waals surface area (Å²) in [5.41, 5.74) is 3.79. The van der Waals surface area contributed by atoms with E-state index < -0.39 is 0 Å². The van der Waals surface area contributed by atoms with Gasteiger partial charge in [-0.25, -0.2) is 4.98 Å². The van der Waals surface area contributed by atoms with Crippen molar-refractivity contribution in [3.05, 3.63) is 60.2 Å². The zero-order valence-corrected chi connectivity index (χ0v) is 10.3. The van der Waals surface area contributed by atoms with Gasteiger partial charge in [-0.3, -0.25) is 0 Å². The van der Waals surface area contributed by atoms with Gasteiger partial charge >= 0.3 is 0 Å². The van der Waals surface area contributed by atoms with Crippen molar-refractivity contribution in [1.29, 1.82) is 0 Å². The Hall–Kier alpha value is -1.87. The molecule has 2 heterocycles. The monoisotopic (exact) mass is 239 g/mol. The van der Waals surface area contributed by atoms with Crippen molar-refractivity contribution in [3.63, 3.8) is 0 Å². The van der Waals surface area contributed by atoms with Crippen LogP contribution >= 0.6 is 0 Å². The molecule has 3 nitrogen and oxygen atoms in total. The Morgan fingerprint density at radius 3 is 2.89 bits per heavy atom. The van der Waals surface area contributed by atoms with Gasteiger partial charge in [0, 0.05) is 19.3 Å². The molecule has 1 aliphatic heterocycles. The number of benzene rings is 1. The molecule has 0 aliphatic carbocycles. The standard InChI is InChI=1S/C15H17N3/c1-2-4-13(5-3-1)10-18-11-15(17-12-18)14-6-8-16-9-7-14/h1-6,11-12,16H,7-10H2. The molecule has 92 valence electrons. The van der Waals surface area contributed by atoms with Crippen molar-refractivity contribution in [1.82, 2.24) is 14.9 Å². The van der Waals surface area contributed by atoms with E-state index in [1.807, 2.05) is 12.4 Å². The second-order valence-corrected chi connectivity index (χ2v) is 4.60. The van der Waals surface area contributed by atoms with E-state index in [-0.39, 0.29) is 0 Å². The summed E-state index contributed by atoms with van der Waals surface area (Å²) >= 11 is 0. The van der Waals surface area contributed by atoms with E-state index in [2.05, 4.69) is 51.4 Å². The Bertz CT molecular complexity index is 540. The van der Waals surface area contributed by atoms with Crippen LogP contribution in [0, 0.1) is 0 Å². The lowest BCUT2D eigenvalue weighted by atomic mass is 10.1. The molecule has 1 aromatic carbocycles. The third-order valence-electron chi connectivity index (χ3n) is 3.23. The number of rotatable bonds is 3. The van der Waals surface area contributed by atoms with Gasteiger partial charge in [-0.1, -0.05) is 36.4 Å². The van der Waals surface area contributed by atoms with E-state index in [4.69, 9.17) is 0 Å². The molecule has 0 saturated carbocycles. The molecule has 0 spiro atoms. The second kappa shape index (κ2) is 5.19. The molecule has 18 heavy (non-hydrogen) atoms. The zero-order valence-electron chi connectivity index (χ0n) is 10.3. The summed E-state index contributed by atoms with van der Waals surface area (Å²) in [5, 5.41) is 3.32. The van der Waals surface area contributed by atoms with Crippen molar-refractivity contribution in [2.75, 3.05) is 13.1 Å². The maximum Gasteiger partial charge on any atom is 0.0956 e. The molecule has 0 unspecified atom stereocenters. The number of nitrogens with one attached hydrogen (secondary N) is 1. The molecule has 1 aromatic heterocycles. The number of aromatic nitrogens is 2. The van der Waals surface area contributed by atoms with Gasteiger partial charge < -0.3 is 9.88 Å². The van der Waals surface area contributed by atoms with Gasteiger partial charge in [0.2, 0.25) is 0 Å². The number of hydrogen-bond donors (Lipinski definition) is 1. The van der Waals surface area contributed by atoms with Crippen LogP contribution in [0.5, 0.6) is 0 Å². The third kappa shape index (κ3) is 2.51. The van der Waals surface area contributed by atoms with Gasteiger partial charge in [0.05, 0.1) is 12.0 Å². The molecule has 3 heteroatoms. The molecular weight excluding hydrogens is 222 g/mol. The first-order valence-electron chi connectivity index (χ1n) is 6.37. The minimum absolute atomic E-state index is 0.888. The largest absolute Gasteiger partial charge is 0.332 e. The second-order valence-electron chi connectivity index (χ2n) is 4.60. The predicted molar refractivity (Wildman–Crippen MR) is 73.2 cm³/mol. The first-order valence-corrected chi connectivity index (χ1v) is 6.37. The van der Waals surface area contributed by atoms with E-state index >= 15 is 0 Å². The summed E-state index contributed by atoms with van der Waals surface area (Å²) in [4.78, 5) is 4.50. The van der Waals surface area contributed by atoms with E-state index in [9.17, 15) is 0 Å². The quantitative estimate of drug-likeness (QED) is 0.890. The van der Waals surface area contributed by atoms with Crippen LogP contribution in [0.4, 0.5) is 0 Å². The first-order chi connectivity index (χ1) is 8.92. The fourth-order valence-corrected chi connectivity index (χ4v) is 2.26. The minimum atomic E-state index is 0.888. The molecular formula is C15H17N3. The summed E-state index contributed by atoms with van der Waals surface area (Å²) < 4.78 is 2.15. The van der Waals surface area contributed by atoms with Crippen LogP contribution in [0.15, 0.2) is 48.9 Å². The fraction of sp³-hybridized carbons (Fsp3) is 0.267. The zero-order chi connectivity index (χ0) is 12.2. The fourth-order valence-electron chi connectivity index (χ4n) is 2.26. The summed E-state index contributed by atoms with van der Waals surface area (Å²) in [6.45, 7) is 2.90. The lowest BCUT2D eigenvalue weighted by Gasteiger charge is -2.11.